The van der Waals surface area contributed by atoms with Gasteiger partial charge in [-0.1, -0.05) is 52.0 Å². The maximum Gasteiger partial charge on any atom is 0.410 e. The van der Waals surface area contributed by atoms with Crippen LogP contribution in [0.15, 0.2) is 36.0 Å². The van der Waals surface area contributed by atoms with Crippen molar-refractivity contribution in [3.8, 4) is 0 Å². The average molecular weight is 695 g/mol. The minimum Gasteiger partial charge on any atom is -0.457 e. The third-order valence-corrected chi connectivity index (χ3v) is 10.5. The Labute approximate surface area is 295 Å². The number of amides is 1. The van der Waals surface area contributed by atoms with Gasteiger partial charge in [0.25, 0.3) is 0 Å². The number of carbonyl (C=O) groups excluding carboxylic acids is 2. The van der Waals surface area contributed by atoms with Gasteiger partial charge in [0.15, 0.2) is 6.10 Å². The SMILES string of the molecule is CCC(OC)C(C)C(C)C(O)CC(C)(O)C=CC=C(C)C1OC(=O)CC(O)CCC(C)(O)C(OC(=O)N2CCN(C(C)C)CC2)C=CC1C. The molecule has 1 fully saturated rings. The van der Waals surface area contributed by atoms with Crippen LogP contribution in [-0.4, -0.2) is 123 Å². The van der Waals surface area contributed by atoms with Crippen molar-refractivity contribution in [1.82, 2.24) is 9.80 Å². The number of rotatable bonds is 12. The molecule has 1 amide bonds. The summed E-state index contributed by atoms with van der Waals surface area (Å²) in [6.07, 6.45) is 5.36. The second-order valence-electron chi connectivity index (χ2n) is 15.1. The highest BCUT2D eigenvalue weighted by Crippen LogP contribution is 2.29. The van der Waals surface area contributed by atoms with Crippen molar-refractivity contribution in [3.05, 3.63) is 36.0 Å². The molecule has 0 spiro atoms. The number of hydrogen-bond donors (Lipinski definition) is 4. The highest BCUT2D eigenvalue weighted by atomic mass is 16.6. The number of carbonyl (C=O) groups is 2. The van der Waals surface area contributed by atoms with Gasteiger partial charge in [-0.15, -0.1) is 0 Å². The maximum absolute atomic E-state index is 13.2. The first-order chi connectivity index (χ1) is 22.8. The second-order valence-corrected chi connectivity index (χ2v) is 15.1. The predicted molar refractivity (Wildman–Crippen MR) is 191 cm³/mol. The summed E-state index contributed by atoms with van der Waals surface area (Å²) in [6.45, 7) is 19.7. The first-order valence-corrected chi connectivity index (χ1v) is 18.1. The molecule has 0 aliphatic carbocycles. The first-order valence-electron chi connectivity index (χ1n) is 18.1. The molecule has 0 aromatic carbocycles. The van der Waals surface area contributed by atoms with E-state index in [4.69, 9.17) is 14.2 Å². The van der Waals surface area contributed by atoms with Crippen LogP contribution in [0, 0.1) is 17.8 Å². The van der Waals surface area contributed by atoms with Gasteiger partial charge in [0.1, 0.15) is 11.7 Å². The van der Waals surface area contributed by atoms with Crippen molar-refractivity contribution in [1.29, 1.82) is 0 Å². The zero-order valence-corrected chi connectivity index (χ0v) is 31.7. The molecule has 4 N–H and O–H groups in total. The number of aliphatic hydroxyl groups excluding tert-OH is 2. The highest BCUT2D eigenvalue weighted by molar-refractivity contribution is 5.70. The number of piperazine rings is 1. The Morgan fingerprint density at radius 1 is 1.16 bits per heavy atom. The lowest BCUT2D eigenvalue weighted by molar-refractivity contribution is -0.151. The van der Waals surface area contributed by atoms with Crippen molar-refractivity contribution in [3.63, 3.8) is 0 Å². The number of esters is 1. The molecule has 0 radical (unpaired) electrons. The van der Waals surface area contributed by atoms with E-state index >= 15 is 0 Å². The van der Waals surface area contributed by atoms with Crippen LogP contribution in [0.1, 0.15) is 94.4 Å². The molecule has 11 nitrogen and oxygen atoms in total. The first kappa shape index (κ1) is 42.9. The Kier molecular flexibility index (Phi) is 16.9. The van der Waals surface area contributed by atoms with E-state index in [0.717, 1.165) is 19.5 Å². The van der Waals surface area contributed by atoms with Gasteiger partial charge in [-0.3, -0.25) is 9.69 Å². The Morgan fingerprint density at radius 3 is 2.37 bits per heavy atom. The number of methoxy groups -OCH3 is 1. The third kappa shape index (κ3) is 13.4. The van der Waals surface area contributed by atoms with Gasteiger partial charge in [0.05, 0.1) is 30.3 Å². The van der Waals surface area contributed by atoms with Crippen LogP contribution in [0.3, 0.4) is 0 Å². The fourth-order valence-electron chi connectivity index (χ4n) is 6.68. The van der Waals surface area contributed by atoms with Gasteiger partial charge in [0, 0.05) is 51.7 Å². The zero-order valence-electron chi connectivity index (χ0n) is 31.7. The molecule has 49 heavy (non-hydrogen) atoms. The van der Waals surface area contributed by atoms with Crippen LogP contribution in [-0.2, 0) is 19.0 Å². The summed E-state index contributed by atoms with van der Waals surface area (Å²) < 4.78 is 17.3. The predicted octanol–water partition coefficient (Wildman–Crippen LogP) is 4.62. The lowest BCUT2D eigenvalue weighted by Crippen LogP contribution is -2.52. The van der Waals surface area contributed by atoms with Crippen molar-refractivity contribution in [2.24, 2.45) is 17.8 Å². The van der Waals surface area contributed by atoms with Gasteiger partial charge in [0.2, 0.25) is 0 Å². The molecular formula is C38H66N2O9. The Bertz CT molecular complexity index is 1120. The number of aliphatic hydroxyl groups is 4. The average Bonchev–Trinajstić information content (AvgIpc) is 3.03. The molecule has 0 aromatic rings. The lowest BCUT2D eigenvalue weighted by Gasteiger charge is -2.38. The van der Waals surface area contributed by atoms with Crippen LogP contribution in [0.4, 0.5) is 4.79 Å². The van der Waals surface area contributed by atoms with E-state index in [-0.39, 0.29) is 43.6 Å². The molecule has 2 rings (SSSR count). The molecule has 0 bridgehead atoms. The van der Waals surface area contributed by atoms with Crippen molar-refractivity contribution >= 4 is 12.1 Å². The van der Waals surface area contributed by atoms with Gasteiger partial charge in [-0.2, -0.15) is 0 Å². The minimum absolute atomic E-state index is 0.0145. The summed E-state index contributed by atoms with van der Waals surface area (Å²) in [7, 11) is 1.67. The summed E-state index contributed by atoms with van der Waals surface area (Å²) in [6, 6.07) is 0.384. The molecular weight excluding hydrogens is 628 g/mol. The molecule has 2 aliphatic heterocycles. The largest absolute Gasteiger partial charge is 0.457 e. The summed E-state index contributed by atoms with van der Waals surface area (Å²) in [5, 5.41) is 44.1. The molecule has 0 saturated carbocycles. The van der Waals surface area contributed by atoms with Crippen LogP contribution in [0.25, 0.3) is 0 Å². The van der Waals surface area contributed by atoms with Crippen LogP contribution in [0.2, 0.25) is 0 Å². The summed E-state index contributed by atoms with van der Waals surface area (Å²) >= 11 is 0. The van der Waals surface area contributed by atoms with Gasteiger partial charge in [-0.25, -0.2) is 4.79 Å². The molecule has 1 saturated heterocycles. The van der Waals surface area contributed by atoms with Crippen LogP contribution >= 0.6 is 0 Å². The molecule has 11 heteroatoms. The zero-order chi connectivity index (χ0) is 37.1. The number of nitrogens with zero attached hydrogens (tertiary/aromatic N) is 2. The quantitative estimate of drug-likeness (QED) is 0.130. The monoisotopic (exact) mass is 694 g/mol. The fraction of sp³-hybridized carbons (Fsp3) is 0.789. The second kappa shape index (κ2) is 19.4. The standard InChI is InChI=1S/C38H66N2O9/c1-11-32(47-10)29(7)28(6)31(42)24-37(8,45)17-12-13-26(4)35-27(5)14-15-33(38(9,46)18-16-30(41)23-34(43)49-35)48-36(44)40-21-19-39(20-22-40)25(2)3/h12-15,17,25,27-33,35,41-42,45-46H,11,16,18-24H2,1-10H3. The third-order valence-electron chi connectivity index (χ3n) is 10.5. The number of cyclic esters (lactones) is 1. The van der Waals surface area contributed by atoms with E-state index in [1.807, 2.05) is 34.6 Å². The minimum atomic E-state index is -1.49. The molecule has 2 aliphatic rings. The van der Waals surface area contributed by atoms with Crippen molar-refractivity contribution in [2.75, 3.05) is 33.3 Å². The van der Waals surface area contributed by atoms with Gasteiger partial charge >= 0.3 is 12.1 Å². The van der Waals surface area contributed by atoms with E-state index in [9.17, 15) is 30.0 Å². The molecule has 0 aromatic heterocycles. The Morgan fingerprint density at radius 2 is 1.80 bits per heavy atom. The van der Waals surface area contributed by atoms with Crippen molar-refractivity contribution in [2.45, 2.75) is 142 Å². The topological polar surface area (TPSA) is 149 Å². The lowest BCUT2D eigenvalue weighted by atomic mass is 9.81. The maximum atomic E-state index is 13.2. The number of allylic oxidation sites excluding steroid dienone is 2. The summed E-state index contributed by atoms with van der Waals surface area (Å²) in [5.41, 5.74) is -2.12. The van der Waals surface area contributed by atoms with Crippen LogP contribution in [0.5, 0.6) is 0 Å². The summed E-state index contributed by atoms with van der Waals surface area (Å²) in [5.74, 6) is -0.964. The van der Waals surface area contributed by atoms with E-state index in [0.29, 0.717) is 24.7 Å². The molecule has 10 atom stereocenters. The number of hydrogen-bond acceptors (Lipinski definition) is 10. The highest BCUT2D eigenvalue weighted by Gasteiger charge is 2.37. The molecule has 2 heterocycles. The number of ether oxygens (including phenoxy) is 3. The summed E-state index contributed by atoms with van der Waals surface area (Å²) in [4.78, 5) is 30.0. The fourth-order valence-corrected chi connectivity index (χ4v) is 6.68. The van der Waals surface area contributed by atoms with Gasteiger partial charge in [-0.05, 0) is 77.4 Å². The Hall–Kier alpha value is -2.28. The van der Waals surface area contributed by atoms with E-state index < -0.39 is 53.6 Å². The Balaban J connectivity index is 2.24. The van der Waals surface area contributed by atoms with E-state index in [1.54, 1.807) is 56.2 Å². The van der Waals surface area contributed by atoms with Gasteiger partial charge < -0.3 is 39.5 Å². The van der Waals surface area contributed by atoms with E-state index in [1.165, 1.54) is 0 Å². The molecule has 10 unspecified atom stereocenters. The van der Waals surface area contributed by atoms with E-state index in [2.05, 4.69) is 18.7 Å². The van der Waals surface area contributed by atoms with Crippen molar-refractivity contribution < 1.29 is 44.2 Å². The normalized spacial score (nSPS) is 30.6. The smallest absolute Gasteiger partial charge is 0.410 e. The van der Waals surface area contributed by atoms with Crippen LogP contribution < -0.4 is 0 Å². The molecule has 282 valence electrons.